The topological polar surface area (TPSA) is 66.9 Å². The minimum Gasteiger partial charge on any atom is -0.381 e. The number of ether oxygens (including phenoxy) is 1. The van der Waals surface area contributed by atoms with Gasteiger partial charge >= 0.3 is 0 Å². The monoisotopic (exact) mass is 338 g/mol. The maximum absolute atomic E-state index is 12.7. The lowest BCUT2D eigenvalue weighted by molar-refractivity contribution is -0.122. The number of carbonyl (C=O) groups is 1. The Kier molecular flexibility index (Phi) is 4.44. The molecule has 2 aliphatic heterocycles. The SMILES string of the molecule is CN(C)S(=O)(=O)c1ccc2c(c1)CCCN2C(=O)C1CCOC1. The quantitative estimate of drug-likeness (QED) is 0.832. The van der Waals surface area contributed by atoms with Crippen LogP contribution in [0.2, 0.25) is 0 Å². The summed E-state index contributed by atoms with van der Waals surface area (Å²) in [5.74, 6) is 0.0119. The molecule has 1 aromatic rings. The molecule has 1 saturated heterocycles. The van der Waals surface area contributed by atoms with Gasteiger partial charge in [0.1, 0.15) is 0 Å². The van der Waals surface area contributed by atoms with Crippen molar-refractivity contribution in [2.75, 3.05) is 38.8 Å². The number of carbonyl (C=O) groups excluding carboxylic acids is 1. The number of aryl methyl sites for hydroxylation is 1. The predicted molar refractivity (Wildman–Crippen MR) is 86.9 cm³/mol. The van der Waals surface area contributed by atoms with Crippen LogP contribution in [0.25, 0.3) is 0 Å². The molecule has 6 nitrogen and oxygen atoms in total. The van der Waals surface area contributed by atoms with Gasteiger partial charge in [0.2, 0.25) is 15.9 Å². The van der Waals surface area contributed by atoms with Crippen LogP contribution < -0.4 is 4.90 Å². The van der Waals surface area contributed by atoms with E-state index in [0.717, 1.165) is 30.5 Å². The Morgan fingerprint density at radius 2 is 2.13 bits per heavy atom. The molecule has 0 radical (unpaired) electrons. The molecule has 1 atom stereocenters. The summed E-state index contributed by atoms with van der Waals surface area (Å²) in [5.41, 5.74) is 1.76. The second-order valence-corrected chi connectivity index (χ2v) is 8.38. The lowest BCUT2D eigenvalue weighted by Gasteiger charge is -2.31. The lowest BCUT2D eigenvalue weighted by atomic mass is 9.99. The van der Waals surface area contributed by atoms with Gasteiger partial charge in [-0.05, 0) is 43.0 Å². The third-order valence-corrected chi connectivity index (χ3v) is 6.30. The smallest absolute Gasteiger partial charge is 0.242 e. The molecule has 0 spiro atoms. The molecule has 0 saturated carbocycles. The third kappa shape index (κ3) is 3.00. The van der Waals surface area contributed by atoms with Crippen molar-refractivity contribution < 1.29 is 17.9 Å². The first-order valence-corrected chi connectivity index (χ1v) is 9.30. The van der Waals surface area contributed by atoms with Gasteiger partial charge in [0.15, 0.2) is 0 Å². The normalized spacial score (nSPS) is 21.5. The van der Waals surface area contributed by atoms with Crippen LogP contribution in [0.1, 0.15) is 18.4 Å². The first-order chi connectivity index (χ1) is 10.9. The van der Waals surface area contributed by atoms with Gasteiger partial charge in [-0.2, -0.15) is 0 Å². The second kappa shape index (κ2) is 6.22. The van der Waals surface area contributed by atoms with Crippen molar-refractivity contribution in [3.8, 4) is 0 Å². The number of anilines is 1. The molecule has 2 heterocycles. The van der Waals surface area contributed by atoms with Crippen LogP contribution >= 0.6 is 0 Å². The summed E-state index contributed by atoms with van der Waals surface area (Å²) < 4.78 is 31.1. The number of amides is 1. The van der Waals surface area contributed by atoms with E-state index >= 15 is 0 Å². The van der Waals surface area contributed by atoms with E-state index in [1.807, 2.05) is 0 Å². The number of hydrogen-bond donors (Lipinski definition) is 0. The molecule has 0 aromatic heterocycles. The number of nitrogens with zero attached hydrogens (tertiary/aromatic N) is 2. The molecular weight excluding hydrogens is 316 g/mol. The molecule has 23 heavy (non-hydrogen) atoms. The number of benzene rings is 1. The first kappa shape index (κ1) is 16.4. The molecule has 1 amide bonds. The van der Waals surface area contributed by atoms with Gasteiger partial charge in [-0.25, -0.2) is 12.7 Å². The molecule has 3 rings (SSSR count). The van der Waals surface area contributed by atoms with Crippen molar-refractivity contribution in [1.29, 1.82) is 0 Å². The van der Waals surface area contributed by atoms with Crippen LogP contribution in [-0.2, 0) is 26.0 Å². The van der Waals surface area contributed by atoms with Crippen molar-refractivity contribution in [1.82, 2.24) is 4.31 Å². The summed E-state index contributed by atoms with van der Waals surface area (Å²) in [4.78, 5) is 14.7. The third-order valence-electron chi connectivity index (χ3n) is 4.49. The van der Waals surface area contributed by atoms with Gasteiger partial charge in [0, 0.05) is 32.9 Å². The lowest BCUT2D eigenvalue weighted by Crippen LogP contribution is -2.40. The summed E-state index contributed by atoms with van der Waals surface area (Å²) in [6.45, 7) is 1.80. The van der Waals surface area contributed by atoms with E-state index in [9.17, 15) is 13.2 Å². The highest BCUT2D eigenvalue weighted by molar-refractivity contribution is 7.89. The van der Waals surface area contributed by atoms with E-state index in [2.05, 4.69) is 0 Å². The summed E-state index contributed by atoms with van der Waals surface area (Å²) in [5, 5.41) is 0. The number of rotatable bonds is 3. The zero-order valence-corrected chi connectivity index (χ0v) is 14.3. The highest BCUT2D eigenvalue weighted by atomic mass is 32.2. The van der Waals surface area contributed by atoms with Gasteiger partial charge in [-0.3, -0.25) is 4.79 Å². The molecule has 0 bridgehead atoms. The largest absolute Gasteiger partial charge is 0.381 e. The Morgan fingerprint density at radius 3 is 2.78 bits per heavy atom. The molecule has 126 valence electrons. The van der Waals surface area contributed by atoms with Crippen LogP contribution in [-0.4, -0.2) is 52.5 Å². The Bertz CT molecular complexity index is 709. The average Bonchev–Trinajstić information content (AvgIpc) is 3.07. The molecule has 0 N–H and O–H groups in total. The van der Waals surface area contributed by atoms with Crippen molar-refractivity contribution in [3.05, 3.63) is 23.8 Å². The van der Waals surface area contributed by atoms with E-state index in [1.165, 1.54) is 18.4 Å². The molecule has 2 aliphatic rings. The first-order valence-electron chi connectivity index (χ1n) is 7.86. The van der Waals surface area contributed by atoms with E-state index in [1.54, 1.807) is 23.1 Å². The van der Waals surface area contributed by atoms with Gasteiger partial charge in [-0.1, -0.05) is 0 Å². The zero-order valence-electron chi connectivity index (χ0n) is 13.5. The number of fused-ring (bicyclic) bond motifs is 1. The van der Waals surface area contributed by atoms with Crippen LogP contribution in [0.3, 0.4) is 0 Å². The van der Waals surface area contributed by atoms with Gasteiger partial charge in [0.25, 0.3) is 0 Å². The summed E-state index contributed by atoms with van der Waals surface area (Å²) in [6.07, 6.45) is 2.40. The highest BCUT2D eigenvalue weighted by Crippen LogP contribution is 2.32. The van der Waals surface area contributed by atoms with Crippen molar-refractivity contribution in [3.63, 3.8) is 0 Å². The van der Waals surface area contributed by atoms with Crippen molar-refractivity contribution in [2.45, 2.75) is 24.2 Å². The van der Waals surface area contributed by atoms with Crippen LogP contribution in [0, 0.1) is 5.92 Å². The molecule has 7 heteroatoms. The Morgan fingerprint density at radius 1 is 1.35 bits per heavy atom. The standard InChI is InChI=1S/C16H22N2O4S/c1-17(2)23(20,21)14-5-6-15-12(10-14)4-3-8-18(15)16(19)13-7-9-22-11-13/h5-6,10,13H,3-4,7-9,11H2,1-2H3. The van der Waals surface area contributed by atoms with Crippen molar-refractivity contribution in [2.24, 2.45) is 5.92 Å². The van der Waals surface area contributed by atoms with Crippen LogP contribution in [0.4, 0.5) is 5.69 Å². The fourth-order valence-electron chi connectivity index (χ4n) is 3.12. The maximum atomic E-state index is 12.7. The maximum Gasteiger partial charge on any atom is 0.242 e. The van der Waals surface area contributed by atoms with E-state index in [0.29, 0.717) is 19.8 Å². The Balaban J connectivity index is 1.93. The van der Waals surface area contributed by atoms with Gasteiger partial charge < -0.3 is 9.64 Å². The number of hydrogen-bond acceptors (Lipinski definition) is 4. The molecule has 1 unspecified atom stereocenters. The Labute approximate surface area is 137 Å². The van der Waals surface area contributed by atoms with Gasteiger partial charge in [-0.15, -0.1) is 0 Å². The van der Waals surface area contributed by atoms with Crippen LogP contribution in [0.5, 0.6) is 0 Å². The number of sulfonamides is 1. The summed E-state index contributed by atoms with van der Waals surface area (Å²) >= 11 is 0. The minimum absolute atomic E-state index is 0.0777. The molecule has 0 aliphatic carbocycles. The van der Waals surface area contributed by atoms with E-state index in [4.69, 9.17) is 4.74 Å². The highest BCUT2D eigenvalue weighted by Gasteiger charge is 2.31. The zero-order chi connectivity index (χ0) is 16.6. The van der Waals surface area contributed by atoms with Gasteiger partial charge in [0.05, 0.1) is 17.4 Å². The molecular formula is C16H22N2O4S. The Hall–Kier alpha value is -1.44. The fourth-order valence-corrected chi connectivity index (χ4v) is 4.08. The summed E-state index contributed by atoms with van der Waals surface area (Å²) in [7, 11) is -0.417. The average molecular weight is 338 g/mol. The van der Waals surface area contributed by atoms with Crippen LogP contribution in [0.15, 0.2) is 23.1 Å². The second-order valence-electron chi connectivity index (χ2n) is 6.23. The predicted octanol–water partition coefficient (Wildman–Crippen LogP) is 1.25. The van der Waals surface area contributed by atoms with E-state index < -0.39 is 10.0 Å². The fraction of sp³-hybridized carbons (Fsp3) is 0.562. The van der Waals surface area contributed by atoms with E-state index in [-0.39, 0.29) is 16.7 Å². The van der Waals surface area contributed by atoms with Crippen molar-refractivity contribution >= 4 is 21.6 Å². The molecule has 1 fully saturated rings. The summed E-state index contributed by atoms with van der Waals surface area (Å²) in [6, 6.07) is 5.05. The minimum atomic E-state index is -3.45. The molecule has 1 aromatic carbocycles.